The summed E-state index contributed by atoms with van der Waals surface area (Å²) in [6.07, 6.45) is -1.10. The maximum atomic E-state index is 13.0. The van der Waals surface area contributed by atoms with Crippen LogP contribution in [0.15, 0.2) is 18.2 Å². The van der Waals surface area contributed by atoms with Crippen LogP contribution in [0.3, 0.4) is 0 Å². The molecule has 0 radical (unpaired) electrons. The molecule has 0 aliphatic carbocycles. The number of hydrazine groups is 2. The van der Waals surface area contributed by atoms with Gasteiger partial charge < -0.3 is 9.47 Å². The van der Waals surface area contributed by atoms with Crippen molar-refractivity contribution in [3.8, 4) is 0 Å². The van der Waals surface area contributed by atoms with Gasteiger partial charge in [0.05, 0.1) is 10.7 Å². The van der Waals surface area contributed by atoms with E-state index in [2.05, 4.69) is 5.43 Å². The Balaban J connectivity index is 0.000000621. The second-order valence-electron chi connectivity index (χ2n) is 7.87. The van der Waals surface area contributed by atoms with Gasteiger partial charge in [0.2, 0.25) is 0 Å². The second-order valence-corrected chi connectivity index (χ2v) is 8.27. The Labute approximate surface area is 170 Å². The molecule has 0 saturated heterocycles. The Morgan fingerprint density at radius 2 is 1.50 bits per heavy atom. The van der Waals surface area contributed by atoms with Gasteiger partial charge in [0.25, 0.3) is 0 Å². The number of ether oxygens (including phenoxy) is 2. The van der Waals surface area contributed by atoms with Crippen LogP contribution in [0.1, 0.15) is 41.5 Å². The molecule has 0 atom stereocenters. The Morgan fingerprint density at radius 1 is 1.04 bits per heavy atom. The van der Waals surface area contributed by atoms with Gasteiger partial charge in [-0.25, -0.2) is 29.8 Å². The molecule has 0 aliphatic rings. The number of hydrogen-bond acceptors (Lipinski definition) is 6. The van der Waals surface area contributed by atoms with Crippen LogP contribution in [0.4, 0.5) is 19.7 Å². The van der Waals surface area contributed by atoms with Crippen molar-refractivity contribution in [1.29, 1.82) is 0 Å². The molecule has 0 unspecified atom stereocenters. The van der Waals surface area contributed by atoms with Gasteiger partial charge in [-0.05, 0) is 53.7 Å². The molecule has 1 aromatic carbocycles. The Hall–Kier alpha value is -2.26. The van der Waals surface area contributed by atoms with Gasteiger partial charge in [-0.15, -0.1) is 0 Å². The molecule has 0 aromatic heterocycles. The summed E-state index contributed by atoms with van der Waals surface area (Å²) in [5.41, 5.74) is 1.89. The SMILES string of the molecule is CN(N)C(=O)OC(C)(C)C.CN(Nc1cc(F)ccc1Cl)C(=O)OC(C)(C)C. The van der Waals surface area contributed by atoms with Crippen molar-refractivity contribution in [3.05, 3.63) is 29.0 Å². The highest BCUT2D eigenvalue weighted by Crippen LogP contribution is 2.23. The summed E-state index contributed by atoms with van der Waals surface area (Å²) in [6, 6.07) is 3.84. The average molecular weight is 421 g/mol. The molecule has 10 heteroatoms. The van der Waals surface area contributed by atoms with E-state index >= 15 is 0 Å². The van der Waals surface area contributed by atoms with E-state index < -0.39 is 29.2 Å². The van der Waals surface area contributed by atoms with Gasteiger partial charge in [0.1, 0.15) is 17.0 Å². The summed E-state index contributed by atoms with van der Waals surface area (Å²) in [4.78, 5) is 22.4. The molecule has 0 bridgehead atoms. The lowest BCUT2D eigenvalue weighted by atomic mass is 10.2. The number of carbonyl (C=O) groups excluding carboxylic acids is 2. The first-order chi connectivity index (χ1) is 12.5. The third kappa shape index (κ3) is 11.5. The highest BCUT2D eigenvalue weighted by atomic mass is 35.5. The monoisotopic (exact) mass is 420 g/mol. The number of nitrogens with two attached hydrogens (primary N) is 1. The van der Waals surface area contributed by atoms with Crippen LogP contribution in [0.25, 0.3) is 0 Å². The van der Waals surface area contributed by atoms with E-state index in [1.807, 2.05) is 0 Å². The quantitative estimate of drug-likeness (QED) is 0.418. The largest absolute Gasteiger partial charge is 0.443 e. The van der Waals surface area contributed by atoms with Crippen molar-refractivity contribution in [2.24, 2.45) is 5.84 Å². The fraction of sp³-hybridized carbons (Fsp3) is 0.556. The zero-order valence-electron chi connectivity index (χ0n) is 17.6. The highest BCUT2D eigenvalue weighted by molar-refractivity contribution is 6.33. The van der Waals surface area contributed by atoms with Crippen molar-refractivity contribution in [1.82, 2.24) is 10.0 Å². The number of nitrogens with zero attached hydrogens (tertiary/aromatic N) is 2. The number of nitrogens with one attached hydrogen (secondary N) is 1. The van der Waals surface area contributed by atoms with E-state index in [0.717, 1.165) is 10.0 Å². The second kappa shape index (κ2) is 10.3. The van der Waals surface area contributed by atoms with Crippen LogP contribution in [0.5, 0.6) is 0 Å². The maximum absolute atomic E-state index is 13.0. The number of hydrogen-bond donors (Lipinski definition) is 2. The molecule has 0 heterocycles. The summed E-state index contributed by atoms with van der Waals surface area (Å²) in [5.74, 6) is 4.66. The fourth-order valence-electron chi connectivity index (χ4n) is 1.47. The van der Waals surface area contributed by atoms with Crippen molar-refractivity contribution in [2.75, 3.05) is 19.5 Å². The normalized spacial score (nSPS) is 11.0. The summed E-state index contributed by atoms with van der Waals surface area (Å²) in [5, 5.41) is 2.32. The Bertz CT molecular complexity index is 673. The number of halogens is 2. The smallest absolute Gasteiger partial charge is 0.428 e. The zero-order valence-corrected chi connectivity index (χ0v) is 18.3. The minimum absolute atomic E-state index is 0.296. The molecule has 28 heavy (non-hydrogen) atoms. The van der Waals surface area contributed by atoms with Crippen molar-refractivity contribution >= 4 is 29.5 Å². The van der Waals surface area contributed by atoms with Crippen LogP contribution in [-0.4, -0.2) is 47.5 Å². The van der Waals surface area contributed by atoms with Gasteiger partial charge in [-0.2, -0.15) is 0 Å². The number of amides is 2. The lowest BCUT2D eigenvalue weighted by Gasteiger charge is -2.25. The summed E-state index contributed by atoms with van der Waals surface area (Å²) < 4.78 is 23.0. The topological polar surface area (TPSA) is 97.1 Å². The summed E-state index contributed by atoms with van der Waals surface area (Å²) in [7, 11) is 2.91. The van der Waals surface area contributed by atoms with Crippen LogP contribution in [-0.2, 0) is 9.47 Å². The molecule has 3 N–H and O–H groups in total. The average Bonchev–Trinajstić information content (AvgIpc) is 2.48. The van der Waals surface area contributed by atoms with Crippen molar-refractivity contribution < 1.29 is 23.5 Å². The van der Waals surface area contributed by atoms with Crippen LogP contribution in [0.2, 0.25) is 5.02 Å². The minimum Gasteiger partial charge on any atom is -0.443 e. The van der Waals surface area contributed by atoms with Crippen molar-refractivity contribution in [2.45, 2.75) is 52.7 Å². The number of benzene rings is 1. The first kappa shape index (κ1) is 25.7. The minimum atomic E-state index is -0.598. The first-order valence-corrected chi connectivity index (χ1v) is 8.79. The van der Waals surface area contributed by atoms with Gasteiger partial charge in [0, 0.05) is 20.2 Å². The van der Waals surface area contributed by atoms with E-state index in [4.69, 9.17) is 26.9 Å². The van der Waals surface area contributed by atoms with E-state index in [0.29, 0.717) is 10.7 Å². The number of rotatable bonds is 2. The molecule has 1 rings (SSSR count). The van der Waals surface area contributed by atoms with Crippen LogP contribution in [0, 0.1) is 5.82 Å². The molecule has 8 nitrogen and oxygen atoms in total. The lowest BCUT2D eigenvalue weighted by Crippen LogP contribution is -2.38. The zero-order chi connectivity index (χ0) is 22.3. The highest BCUT2D eigenvalue weighted by Gasteiger charge is 2.20. The molecule has 160 valence electrons. The van der Waals surface area contributed by atoms with Gasteiger partial charge >= 0.3 is 12.2 Å². The molecule has 0 spiro atoms. The molecule has 0 fully saturated rings. The maximum Gasteiger partial charge on any atom is 0.428 e. The predicted octanol–water partition coefficient (Wildman–Crippen LogP) is 4.40. The van der Waals surface area contributed by atoms with Crippen molar-refractivity contribution in [3.63, 3.8) is 0 Å². The van der Waals surface area contributed by atoms with Gasteiger partial charge in [-0.1, -0.05) is 11.6 Å². The molecular formula is C18H30ClFN4O4. The standard InChI is InChI=1S/C12H16ClFN2O2.C6H14N2O2/c1-12(2,3)18-11(17)16(4)15-10-7-8(14)5-6-9(10)13;1-6(2,3)10-5(9)8(4)7/h5-7,15H,1-4H3;7H2,1-4H3. The van der Waals surface area contributed by atoms with E-state index in [1.165, 1.54) is 32.3 Å². The number of carbonyl (C=O) groups is 2. The fourth-order valence-corrected chi connectivity index (χ4v) is 1.63. The molecule has 0 aliphatic heterocycles. The molecular weight excluding hydrogens is 391 g/mol. The molecule has 0 saturated carbocycles. The van der Waals surface area contributed by atoms with Gasteiger partial charge in [-0.3, -0.25) is 5.43 Å². The van der Waals surface area contributed by atoms with Crippen LogP contribution >= 0.6 is 11.6 Å². The predicted molar refractivity (Wildman–Crippen MR) is 107 cm³/mol. The van der Waals surface area contributed by atoms with E-state index in [9.17, 15) is 14.0 Å². The Kier molecular flexibility index (Phi) is 9.50. The lowest BCUT2D eigenvalue weighted by molar-refractivity contribution is 0.0295. The van der Waals surface area contributed by atoms with E-state index in [-0.39, 0.29) is 0 Å². The summed E-state index contributed by atoms with van der Waals surface area (Å²) in [6.45, 7) is 10.6. The third-order valence-electron chi connectivity index (χ3n) is 2.57. The van der Waals surface area contributed by atoms with E-state index in [1.54, 1.807) is 41.5 Å². The number of anilines is 1. The molecule has 2 amide bonds. The van der Waals surface area contributed by atoms with Crippen LogP contribution < -0.4 is 11.3 Å². The van der Waals surface area contributed by atoms with Gasteiger partial charge in [0.15, 0.2) is 0 Å². The first-order valence-electron chi connectivity index (χ1n) is 8.41. The Morgan fingerprint density at radius 3 is 1.89 bits per heavy atom. The third-order valence-corrected chi connectivity index (χ3v) is 2.89. The molecule has 1 aromatic rings. The summed E-state index contributed by atoms with van der Waals surface area (Å²) >= 11 is 5.87.